The van der Waals surface area contributed by atoms with Gasteiger partial charge in [0.05, 0.1) is 12.1 Å². The second-order valence-electron chi connectivity index (χ2n) is 7.71. The number of carbonyl (C=O) groups is 1. The number of aryl methyl sites for hydroxylation is 1. The minimum Gasteiger partial charge on any atom is -0.335 e. The van der Waals surface area contributed by atoms with Gasteiger partial charge in [-0.05, 0) is 62.8 Å². The van der Waals surface area contributed by atoms with Gasteiger partial charge in [0.25, 0.3) is 0 Å². The Morgan fingerprint density at radius 3 is 2.64 bits per heavy atom. The van der Waals surface area contributed by atoms with Gasteiger partial charge in [0.1, 0.15) is 0 Å². The van der Waals surface area contributed by atoms with E-state index in [4.69, 9.17) is 0 Å². The number of carbonyl (C=O) groups excluding carboxylic acids is 1. The zero-order chi connectivity index (χ0) is 18.0. The van der Waals surface area contributed by atoms with Crippen molar-refractivity contribution in [3.63, 3.8) is 0 Å². The lowest BCUT2D eigenvalue weighted by atomic mass is 9.74. The molecule has 0 unspecified atom stereocenters. The molecule has 1 aromatic carbocycles. The van der Waals surface area contributed by atoms with Crippen molar-refractivity contribution in [2.75, 3.05) is 0 Å². The van der Waals surface area contributed by atoms with Gasteiger partial charge in [0, 0.05) is 6.04 Å². The summed E-state index contributed by atoms with van der Waals surface area (Å²) in [5, 5.41) is 18.1. The average Bonchev–Trinajstić information content (AvgIpc) is 2.99. The summed E-state index contributed by atoms with van der Waals surface area (Å²) >= 11 is 0. The van der Waals surface area contributed by atoms with E-state index in [9.17, 15) is 4.79 Å². The molecule has 1 saturated carbocycles. The van der Waals surface area contributed by atoms with Crippen molar-refractivity contribution in [3.05, 3.63) is 41.2 Å². The van der Waals surface area contributed by atoms with Crippen molar-refractivity contribution in [2.24, 2.45) is 0 Å². The highest BCUT2D eigenvalue weighted by Crippen LogP contribution is 2.38. The van der Waals surface area contributed by atoms with E-state index in [1.54, 1.807) is 4.80 Å². The predicted octanol–water partition coefficient (Wildman–Crippen LogP) is 2.48. The number of benzene rings is 1. The third-order valence-electron chi connectivity index (χ3n) is 4.56. The molecule has 2 amide bonds. The summed E-state index contributed by atoms with van der Waals surface area (Å²) in [6.45, 7) is 8.41. The van der Waals surface area contributed by atoms with Gasteiger partial charge in [-0.1, -0.05) is 24.3 Å². The van der Waals surface area contributed by atoms with Crippen LogP contribution < -0.4 is 10.6 Å². The fraction of sp³-hybridized carbons (Fsp3) is 0.556. The van der Waals surface area contributed by atoms with Gasteiger partial charge in [0.2, 0.25) is 0 Å². The number of rotatable bonds is 4. The zero-order valence-corrected chi connectivity index (χ0v) is 15.3. The van der Waals surface area contributed by atoms with Gasteiger partial charge in [-0.3, -0.25) is 0 Å². The van der Waals surface area contributed by atoms with E-state index in [-0.39, 0.29) is 24.2 Å². The van der Waals surface area contributed by atoms with Gasteiger partial charge in [-0.2, -0.15) is 4.80 Å². The highest BCUT2D eigenvalue weighted by atomic mass is 16.2. The normalized spacial score (nSPS) is 20.0. The molecular formula is C18H26N6O. The summed E-state index contributed by atoms with van der Waals surface area (Å²) in [6.07, 6.45) is 1.97. The van der Waals surface area contributed by atoms with Crippen LogP contribution in [0.4, 0.5) is 4.79 Å². The fourth-order valence-corrected chi connectivity index (χ4v) is 3.03. The molecule has 0 bridgehead atoms. The first-order chi connectivity index (χ1) is 11.8. The van der Waals surface area contributed by atoms with Crippen LogP contribution in [-0.2, 0) is 12.1 Å². The van der Waals surface area contributed by atoms with Gasteiger partial charge in [0.15, 0.2) is 5.82 Å². The lowest BCUT2D eigenvalue weighted by Crippen LogP contribution is -2.47. The Bertz CT molecular complexity index is 742. The number of aromatic nitrogens is 4. The summed E-state index contributed by atoms with van der Waals surface area (Å²) in [4.78, 5) is 13.6. The van der Waals surface area contributed by atoms with E-state index in [1.807, 2.05) is 20.8 Å². The molecule has 1 aliphatic carbocycles. The average molecular weight is 342 g/mol. The number of hydrogen-bond donors (Lipinski definition) is 2. The number of nitrogens with zero attached hydrogens (tertiary/aromatic N) is 4. The van der Waals surface area contributed by atoms with E-state index in [1.165, 1.54) is 11.1 Å². The third kappa shape index (κ3) is 4.15. The molecule has 7 nitrogen and oxygen atoms in total. The minimum absolute atomic E-state index is 0.180. The fourth-order valence-electron chi connectivity index (χ4n) is 3.03. The number of hydrogen-bond acceptors (Lipinski definition) is 4. The van der Waals surface area contributed by atoms with Crippen molar-refractivity contribution in [1.29, 1.82) is 0 Å². The van der Waals surface area contributed by atoms with E-state index >= 15 is 0 Å². The number of urea groups is 1. The third-order valence-corrected chi connectivity index (χ3v) is 4.56. The molecule has 2 aromatic rings. The maximum absolute atomic E-state index is 12.0. The van der Waals surface area contributed by atoms with Crippen molar-refractivity contribution >= 4 is 6.03 Å². The first-order valence-corrected chi connectivity index (χ1v) is 8.72. The van der Waals surface area contributed by atoms with Crippen LogP contribution in [0.2, 0.25) is 0 Å². The summed E-state index contributed by atoms with van der Waals surface area (Å²) in [5.41, 5.74) is 2.50. The van der Waals surface area contributed by atoms with Crippen LogP contribution in [0.3, 0.4) is 0 Å². The molecule has 3 rings (SSSR count). The van der Waals surface area contributed by atoms with Crippen LogP contribution in [0.1, 0.15) is 56.5 Å². The van der Waals surface area contributed by atoms with Gasteiger partial charge in [-0.15, -0.1) is 10.2 Å². The van der Waals surface area contributed by atoms with Crippen LogP contribution in [0.5, 0.6) is 0 Å². The Morgan fingerprint density at radius 2 is 2.00 bits per heavy atom. The second-order valence-corrected chi connectivity index (χ2v) is 7.71. The molecule has 0 atom stereocenters. The first-order valence-electron chi connectivity index (χ1n) is 8.72. The summed E-state index contributed by atoms with van der Waals surface area (Å²) in [5.74, 6) is 1.05. The van der Waals surface area contributed by atoms with Gasteiger partial charge in [-0.25, -0.2) is 4.79 Å². The highest BCUT2D eigenvalue weighted by molar-refractivity contribution is 5.74. The van der Waals surface area contributed by atoms with Gasteiger partial charge >= 0.3 is 6.03 Å². The summed E-state index contributed by atoms with van der Waals surface area (Å²) in [7, 11) is 0. The minimum atomic E-state index is -0.218. The van der Waals surface area contributed by atoms with Crippen LogP contribution in [-0.4, -0.2) is 32.3 Å². The molecular weight excluding hydrogens is 316 g/mol. The molecule has 1 aromatic heterocycles. The first kappa shape index (κ1) is 17.4. The number of nitrogens with one attached hydrogen (secondary N) is 2. The van der Waals surface area contributed by atoms with Crippen molar-refractivity contribution < 1.29 is 4.79 Å². The molecule has 0 aliphatic heterocycles. The molecule has 0 saturated heterocycles. The zero-order valence-electron chi connectivity index (χ0n) is 15.3. The van der Waals surface area contributed by atoms with E-state index < -0.39 is 0 Å². The SMILES string of the molecule is Cc1ccccc1C1CC(NC(=O)NCc2nnn(C(C)(C)C)n2)C1. The van der Waals surface area contributed by atoms with Crippen molar-refractivity contribution in [1.82, 2.24) is 30.8 Å². The molecule has 25 heavy (non-hydrogen) atoms. The maximum atomic E-state index is 12.0. The largest absolute Gasteiger partial charge is 0.335 e. The lowest BCUT2D eigenvalue weighted by Gasteiger charge is -2.36. The monoisotopic (exact) mass is 342 g/mol. The van der Waals surface area contributed by atoms with Crippen molar-refractivity contribution in [3.8, 4) is 0 Å². The second kappa shape index (κ2) is 6.82. The Labute approximate surface area is 148 Å². The van der Waals surface area contributed by atoms with E-state index in [0.717, 1.165) is 12.8 Å². The van der Waals surface area contributed by atoms with Crippen LogP contribution in [0.25, 0.3) is 0 Å². The molecule has 1 fully saturated rings. The molecule has 1 heterocycles. The Balaban J connectivity index is 1.42. The van der Waals surface area contributed by atoms with E-state index in [0.29, 0.717) is 11.7 Å². The number of amides is 2. The van der Waals surface area contributed by atoms with Crippen molar-refractivity contribution in [2.45, 2.75) is 64.6 Å². The predicted molar refractivity (Wildman–Crippen MR) is 95.1 cm³/mol. The van der Waals surface area contributed by atoms with Crippen LogP contribution >= 0.6 is 0 Å². The maximum Gasteiger partial charge on any atom is 0.315 e. The van der Waals surface area contributed by atoms with Gasteiger partial charge < -0.3 is 10.6 Å². The molecule has 0 radical (unpaired) electrons. The standard InChI is InChI=1S/C18H26N6O/c1-12-7-5-6-8-15(12)13-9-14(10-13)20-17(25)19-11-16-21-23-24(22-16)18(2,3)4/h5-8,13-14H,9-11H2,1-4H3,(H2,19,20,25). The smallest absolute Gasteiger partial charge is 0.315 e. The van der Waals surface area contributed by atoms with Crippen LogP contribution in [0.15, 0.2) is 24.3 Å². The molecule has 0 spiro atoms. The highest BCUT2D eigenvalue weighted by Gasteiger charge is 2.32. The Kier molecular flexibility index (Phi) is 4.74. The summed E-state index contributed by atoms with van der Waals surface area (Å²) < 4.78 is 0. The topological polar surface area (TPSA) is 84.7 Å². The molecule has 7 heteroatoms. The Morgan fingerprint density at radius 1 is 1.28 bits per heavy atom. The quantitative estimate of drug-likeness (QED) is 0.894. The molecule has 134 valence electrons. The number of tetrazole rings is 1. The van der Waals surface area contributed by atoms with E-state index in [2.05, 4.69) is 57.2 Å². The Hall–Kier alpha value is -2.44. The van der Waals surface area contributed by atoms with Crippen LogP contribution in [0, 0.1) is 6.92 Å². The molecule has 1 aliphatic rings. The lowest BCUT2D eigenvalue weighted by molar-refractivity contribution is 0.222. The summed E-state index contributed by atoms with van der Waals surface area (Å²) in [6, 6.07) is 8.50. The molecule has 2 N–H and O–H groups in total.